The molecular formula is C28H17ClF5N3O3. The van der Waals surface area contributed by atoms with Crippen LogP contribution in [0.2, 0.25) is 5.02 Å². The number of amides is 2. The van der Waals surface area contributed by atoms with Crippen molar-refractivity contribution in [3.8, 4) is 17.0 Å². The smallest absolute Gasteiger partial charge is 0.416 e. The zero-order chi connectivity index (χ0) is 28.8. The predicted octanol–water partition coefficient (Wildman–Crippen LogP) is 6.79. The van der Waals surface area contributed by atoms with Crippen molar-refractivity contribution in [3.63, 3.8) is 0 Å². The molecule has 2 amide bonds. The number of halogens is 6. The molecule has 0 saturated carbocycles. The SMILES string of the molecule is COc1ncccc1-c1cc(NC(=O)c2cc(F)cc(C(F)(F)F)c2)c2c(c1)C(=O)NC2c1cc(F)ccc1Cl. The van der Waals surface area contributed by atoms with Crippen LogP contribution >= 0.6 is 11.6 Å². The zero-order valence-corrected chi connectivity index (χ0v) is 21.1. The summed E-state index contributed by atoms with van der Waals surface area (Å²) >= 11 is 6.31. The molecule has 0 saturated heterocycles. The number of benzene rings is 3. The van der Waals surface area contributed by atoms with Gasteiger partial charge in [-0.3, -0.25) is 9.59 Å². The van der Waals surface area contributed by atoms with Crippen molar-refractivity contribution in [3.05, 3.63) is 111 Å². The minimum absolute atomic E-state index is 0.00935. The highest BCUT2D eigenvalue weighted by Crippen LogP contribution is 2.43. The van der Waals surface area contributed by atoms with E-state index in [1.165, 1.54) is 31.5 Å². The number of alkyl halides is 3. The molecule has 6 nitrogen and oxygen atoms in total. The Balaban J connectivity index is 1.69. The summed E-state index contributed by atoms with van der Waals surface area (Å²) in [5.41, 5.74) is -0.708. The molecule has 2 N–H and O–H groups in total. The van der Waals surface area contributed by atoms with E-state index in [0.717, 1.165) is 12.1 Å². The molecule has 4 aromatic rings. The Morgan fingerprint density at radius 3 is 2.52 bits per heavy atom. The maximum absolute atomic E-state index is 14.2. The van der Waals surface area contributed by atoms with Gasteiger partial charge in [0, 0.05) is 44.7 Å². The third kappa shape index (κ3) is 5.07. The molecule has 1 aliphatic rings. The van der Waals surface area contributed by atoms with Crippen LogP contribution in [-0.4, -0.2) is 23.9 Å². The van der Waals surface area contributed by atoms with Gasteiger partial charge >= 0.3 is 6.18 Å². The molecule has 2 heterocycles. The highest BCUT2D eigenvalue weighted by atomic mass is 35.5. The van der Waals surface area contributed by atoms with Crippen molar-refractivity contribution >= 4 is 29.1 Å². The summed E-state index contributed by atoms with van der Waals surface area (Å²) in [6.07, 6.45) is -3.42. The van der Waals surface area contributed by atoms with Crippen LogP contribution in [0.25, 0.3) is 11.1 Å². The number of nitrogens with one attached hydrogen (secondary N) is 2. The van der Waals surface area contributed by atoms with Crippen LogP contribution in [0.1, 0.15) is 43.4 Å². The van der Waals surface area contributed by atoms with Gasteiger partial charge in [0.15, 0.2) is 0 Å². The Kier molecular flexibility index (Phi) is 6.92. The third-order valence-electron chi connectivity index (χ3n) is 6.27. The topological polar surface area (TPSA) is 80.3 Å². The second-order valence-corrected chi connectivity index (χ2v) is 9.21. The summed E-state index contributed by atoms with van der Waals surface area (Å²) in [6, 6.07) is 10.2. The van der Waals surface area contributed by atoms with Crippen LogP contribution in [0.15, 0.2) is 66.9 Å². The van der Waals surface area contributed by atoms with Gasteiger partial charge in [-0.2, -0.15) is 13.2 Å². The minimum Gasteiger partial charge on any atom is -0.481 e. The summed E-state index contributed by atoms with van der Waals surface area (Å²) in [5.74, 6) is -3.36. The van der Waals surface area contributed by atoms with E-state index in [0.29, 0.717) is 23.3 Å². The second kappa shape index (κ2) is 10.2. The molecule has 0 radical (unpaired) electrons. The monoisotopic (exact) mass is 573 g/mol. The summed E-state index contributed by atoms with van der Waals surface area (Å²) < 4.78 is 73.4. The number of pyridine rings is 1. The molecular weight excluding hydrogens is 557 g/mol. The predicted molar refractivity (Wildman–Crippen MR) is 136 cm³/mol. The van der Waals surface area contributed by atoms with Crippen molar-refractivity contribution in [2.75, 3.05) is 12.4 Å². The van der Waals surface area contributed by atoms with Crippen LogP contribution in [-0.2, 0) is 6.18 Å². The Morgan fingerprint density at radius 2 is 1.80 bits per heavy atom. The quantitative estimate of drug-likeness (QED) is 0.258. The highest BCUT2D eigenvalue weighted by Gasteiger charge is 2.36. The number of aromatic nitrogens is 1. The number of carbonyl (C=O) groups excluding carboxylic acids is 2. The Morgan fingerprint density at radius 1 is 1.02 bits per heavy atom. The summed E-state index contributed by atoms with van der Waals surface area (Å²) in [4.78, 5) is 30.4. The lowest BCUT2D eigenvalue weighted by Crippen LogP contribution is -2.21. The van der Waals surface area contributed by atoms with Gasteiger partial charge < -0.3 is 15.4 Å². The molecule has 12 heteroatoms. The van der Waals surface area contributed by atoms with E-state index >= 15 is 0 Å². The first-order valence-corrected chi connectivity index (χ1v) is 12.0. The van der Waals surface area contributed by atoms with E-state index in [4.69, 9.17) is 16.3 Å². The van der Waals surface area contributed by atoms with Crippen molar-refractivity contribution in [2.45, 2.75) is 12.2 Å². The molecule has 0 fully saturated rings. The first kappa shape index (κ1) is 27.1. The average molecular weight is 574 g/mol. The van der Waals surface area contributed by atoms with Gasteiger partial charge in [0.05, 0.1) is 18.7 Å². The lowest BCUT2D eigenvalue weighted by molar-refractivity contribution is -0.137. The number of methoxy groups -OCH3 is 1. The molecule has 1 aromatic heterocycles. The van der Waals surface area contributed by atoms with Crippen LogP contribution < -0.4 is 15.4 Å². The van der Waals surface area contributed by atoms with E-state index in [1.807, 2.05) is 0 Å². The lowest BCUT2D eigenvalue weighted by Gasteiger charge is -2.19. The first-order chi connectivity index (χ1) is 19.0. The van der Waals surface area contributed by atoms with Gasteiger partial charge in [0.25, 0.3) is 11.8 Å². The van der Waals surface area contributed by atoms with E-state index in [9.17, 15) is 31.5 Å². The Bertz CT molecular complexity index is 1680. The maximum atomic E-state index is 14.2. The second-order valence-electron chi connectivity index (χ2n) is 8.80. The number of fused-ring (bicyclic) bond motifs is 1. The fourth-order valence-electron chi connectivity index (χ4n) is 4.51. The van der Waals surface area contributed by atoms with Crippen LogP contribution in [0, 0.1) is 11.6 Å². The van der Waals surface area contributed by atoms with Gasteiger partial charge in [-0.1, -0.05) is 11.6 Å². The molecule has 0 bridgehead atoms. The van der Waals surface area contributed by atoms with Gasteiger partial charge in [-0.15, -0.1) is 0 Å². The number of hydrogen-bond acceptors (Lipinski definition) is 4. The molecule has 5 rings (SSSR count). The van der Waals surface area contributed by atoms with Gasteiger partial charge in [-0.05, 0) is 66.2 Å². The lowest BCUT2D eigenvalue weighted by atomic mass is 9.92. The molecule has 1 unspecified atom stereocenters. The molecule has 1 atom stereocenters. The third-order valence-corrected chi connectivity index (χ3v) is 6.61. The molecule has 204 valence electrons. The average Bonchev–Trinajstić information content (AvgIpc) is 3.25. The summed E-state index contributed by atoms with van der Waals surface area (Å²) in [7, 11) is 1.39. The number of rotatable bonds is 5. The fraction of sp³-hybridized carbons (Fsp3) is 0.107. The maximum Gasteiger partial charge on any atom is 0.416 e. The number of ether oxygens (including phenoxy) is 1. The van der Waals surface area contributed by atoms with Crippen molar-refractivity contribution in [1.82, 2.24) is 10.3 Å². The normalized spacial score (nSPS) is 14.5. The number of carbonyl (C=O) groups is 2. The van der Waals surface area contributed by atoms with E-state index in [1.54, 1.807) is 12.1 Å². The van der Waals surface area contributed by atoms with Crippen LogP contribution in [0.5, 0.6) is 5.88 Å². The summed E-state index contributed by atoms with van der Waals surface area (Å²) in [6.45, 7) is 0. The standard InChI is InChI=1S/C28H17ClF5N3O3/c1-40-27-18(3-2-6-35-27)13-9-20-23(24(37-26(20)39)19-12-16(30)4-5-21(19)29)22(10-13)36-25(38)14-7-15(28(32,33)34)11-17(31)8-14/h2-12,24H,1H3,(H,36,38)(H,37,39). The number of anilines is 1. The Hall–Kier alpha value is -4.51. The number of nitrogens with zero attached hydrogens (tertiary/aromatic N) is 1. The van der Waals surface area contributed by atoms with Crippen molar-refractivity contribution in [2.24, 2.45) is 0 Å². The summed E-state index contributed by atoms with van der Waals surface area (Å²) in [5, 5.41) is 5.33. The van der Waals surface area contributed by atoms with Crippen LogP contribution in [0.4, 0.5) is 27.6 Å². The molecule has 0 spiro atoms. The number of hydrogen-bond donors (Lipinski definition) is 2. The van der Waals surface area contributed by atoms with E-state index < -0.39 is 46.8 Å². The molecule has 1 aliphatic heterocycles. The van der Waals surface area contributed by atoms with Gasteiger partial charge in [0.2, 0.25) is 5.88 Å². The molecule has 40 heavy (non-hydrogen) atoms. The molecule has 3 aromatic carbocycles. The van der Waals surface area contributed by atoms with Crippen molar-refractivity contribution in [1.29, 1.82) is 0 Å². The first-order valence-electron chi connectivity index (χ1n) is 11.6. The van der Waals surface area contributed by atoms with Crippen LogP contribution in [0.3, 0.4) is 0 Å². The van der Waals surface area contributed by atoms with Gasteiger partial charge in [-0.25, -0.2) is 13.8 Å². The zero-order valence-electron chi connectivity index (χ0n) is 20.4. The Labute approximate surface area is 228 Å². The minimum atomic E-state index is -4.90. The van der Waals surface area contributed by atoms with Gasteiger partial charge in [0.1, 0.15) is 11.6 Å². The van der Waals surface area contributed by atoms with E-state index in [-0.39, 0.29) is 39.3 Å². The highest BCUT2D eigenvalue weighted by molar-refractivity contribution is 6.31. The van der Waals surface area contributed by atoms with E-state index in [2.05, 4.69) is 15.6 Å². The fourth-order valence-corrected chi connectivity index (χ4v) is 4.74. The largest absolute Gasteiger partial charge is 0.481 e. The molecule has 0 aliphatic carbocycles. The van der Waals surface area contributed by atoms with Crippen molar-refractivity contribution < 1.29 is 36.3 Å².